The van der Waals surface area contributed by atoms with Crippen molar-refractivity contribution in [3.63, 3.8) is 0 Å². The molecule has 1 aromatic heterocycles. The van der Waals surface area contributed by atoms with Gasteiger partial charge in [0.2, 0.25) is 0 Å². The number of hydrogen-bond donors (Lipinski definition) is 2. The van der Waals surface area contributed by atoms with Crippen LogP contribution in [0.25, 0.3) is 11.1 Å². The summed E-state index contributed by atoms with van der Waals surface area (Å²) in [6.07, 6.45) is 1.40. The normalized spacial score (nSPS) is 11.8. The zero-order valence-corrected chi connectivity index (χ0v) is 21.0. The van der Waals surface area contributed by atoms with Crippen LogP contribution in [-0.2, 0) is 16.4 Å². The number of rotatable bonds is 7. The van der Waals surface area contributed by atoms with E-state index in [0.717, 1.165) is 18.2 Å². The molecule has 192 valence electrons. The number of pyridine rings is 1. The van der Waals surface area contributed by atoms with Crippen molar-refractivity contribution in [3.8, 4) is 17.2 Å². The Morgan fingerprint density at radius 1 is 1.00 bits per heavy atom. The summed E-state index contributed by atoms with van der Waals surface area (Å²) in [7, 11) is -4.21. The molecule has 1 atom stereocenters. The van der Waals surface area contributed by atoms with Crippen molar-refractivity contribution in [2.75, 3.05) is 0 Å². The first-order valence-electron chi connectivity index (χ1n) is 11.5. The first kappa shape index (κ1) is 26.4. The third kappa shape index (κ3) is 6.19. The predicted octanol–water partition coefficient (Wildman–Crippen LogP) is 5.18. The fourth-order valence-electron chi connectivity index (χ4n) is 4.07. The van der Waals surface area contributed by atoms with E-state index in [2.05, 4.69) is 10.3 Å². The van der Waals surface area contributed by atoms with E-state index < -0.39 is 33.7 Å². The van der Waals surface area contributed by atoms with Gasteiger partial charge in [0, 0.05) is 17.8 Å². The Morgan fingerprint density at radius 3 is 2.34 bits per heavy atom. The van der Waals surface area contributed by atoms with Gasteiger partial charge in [-0.3, -0.25) is 4.98 Å². The number of amides is 2. The van der Waals surface area contributed by atoms with Gasteiger partial charge in [-0.05, 0) is 66.4 Å². The van der Waals surface area contributed by atoms with Crippen molar-refractivity contribution in [1.29, 1.82) is 5.26 Å². The minimum absolute atomic E-state index is 0.0602. The summed E-state index contributed by atoms with van der Waals surface area (Å²) in [5, 5.41) is 11.7. The van der Waals surface area contributed by atoms with Crippen molar-refractivity contribution in [1.82, 2.24) is 15.0 Å². The maximum atomic E-state index is 13.9. The summed E-state index contributed by atoms with van der Waals surface area (Å²) < 4.78 is 55.6. The molecule has 2 N–H and O–H groups in total. The minimum atomic E-state index is -4.21. The van der Waals surface area contributed by atoms with E-state index in [4.69, 9.17) is 5.26 Å². The molecular formula is C28H22F2N4O3S. The standard InChI is InChI=1S/C28H22F2N4O3S/c1-18-5-2-3-7-26(18)38(36,37)34-28(35)33-25(15-20-13-22(29)16-23(30)14-20)27-24(6-4-12-32-27)21-10-8-19(17-31)9-11-21/h2-14,16,25H,15H2,1H3,(H2,33,34,35). The zero-order valence-electron chi connectivity index (χ0n) is 20.2. The Labute approximate surface area is 218 Å². The number of urea groups is 1. The summed E-state index contributed by atoms with van der Waals surface area (Å²) in [5.74, 6) is -1.59. The van der Waals surface area contributed by atoms with Crippen molar-refractivity contribution in [2.24, 2.45) is 0 Å². The first-order valence-corrected chi connectivity index (χ1v) is 12.9. The molecule has 7 nitrogen and oxygen atoms in total. The van der Waals surface area contributed by atoms with E-state index in [1.807, 2.05) is 10.8 Å². The van der Waals surface area contributed by atoms with Crippen molar-refractivity contribution in [3.05, 3.63) is 119 Å². The molecule has 0 fully saturated rings. The van der Waals surface area contributed by atoms with E-state index >= 15 is 0 Å². The van der Waals surface area contributed by atoms with E-state index in [1.165, 1.54) is 12.3 Å². The van der Waals surface area contributed by atoms with E-state index in [-0.39, 0.29) is 16.9 Å². The Balaban J connectivity index is 1.71. The van der Waals surface area contributed by atoms with Crippen LogP contribution in [0, 0.1) is 29.9 Å². The maximum absolute atomic E-state index is 13.9. The highest BCUT2D eigenvalue weighted by molar-refractivity contribution is 7.90. The van der Waals surface area contributed by atoms with E-state index in [0.29, 0.717) is 27.9 Å². The highest BCUT2D eigenvalue weighted by Crippen LogP contribution is 2.29. The van der Waals surface area contributed by atoms with Crippen LogP contribution in [0.4, 0.5) is 13.6 Å². The van der Waals surface area contributed by atoms with Crippen LogP contribution in [0.5, 0.6) is 0 Å². The number of nitrogens with one attached hydrogen (secondary N) is 2. The van der Waals surface area contributed by atoms with Crippen LogP contribution >= 0.6 is 0 Å². The Hall–Kier alpha value is -4.62. The Morgan fingerprint density at radius 2 is 1.68 bits per heavy atom. The fraction of sp³-hybridized carbons (Fsp3) is 0.107. The van der Waals surface area contributed by atoms with Gasteiger partial charge in [-0.1, -0.05) is 36.4 Å². The molecule has 0 aliphatic carbocycles. The molecule has 4 rings (SSSR count). The fourth-order valence-corrected chi connectivity index (χ4v) is 5.23. The molecule has 0 saturated carbocycles. The first-order chi connectivity index (χ1) is 18.2. The highest BCUT2D eigenvalue weighted by atomic mass is 32.2. The maximum Gasteiger partial charge on any atom is 0.329 e. The Kier molecular flexibility index (Phi) is 7.79. The molecule has 4 aromatic rings. The van der Waals surface area contributed by atoms with Gasteiger partial charge < -0.3 is 5.32 Å². The number of halogens is 2. The number of nitrogens with zero attached hydrogens (tertiary/aromatic N) is 2. The average molecular weight is 533 g/mol. The second-order valence-electron chi connectivity index (χ2n) is 8.50. The number of aryl methyl sites for hydroxylation is 1. The number of aromatic nitrogens is 1. The number of sulfonamides is 1. The molecule has 0 radical (unpaired) electrons. The number of carbonyl (C=O) groups is 1. The van der Waals surface area contributed by atoms with Crippen LogP contribution in [-0.4, -0.2) is 19.4 Å². The molecule has 0 aliphatic rings. The van der Waals surface area contributed by atoms with Crippen LogP contribution in [0.15, 0.2) is 90.0 Å². The number of hydrogen-bond acceptors (Lipinski definition) is 5. The third-order valence-corrected chi connectivity index (χ3v) is 7.26. The lowest BCUT2D eigenvalue weighted by atomic mass is 9.95. The summed E-state index contributed by atoms with van der Waals surface area (Å²) in [6.45, 7) is 1.60. The second kappa shape index (κ2) is 11.2. The van der Waals surface area contributed by atoms with Gasteiger partial charge in [0.1, 0.15) is 11.6 Å². The average Bonchev–Trinajstić information content (AvgIpc) is 2.87. The SMILES string of the molecule is Cc1ccccc1S(=O)(=O)NC(=O)NC(Cc1cc(F)cc(F)c1)c1ncccc1-c1ccc(C#N)cc1. The van der Waals surface area contributed by atoms with E-state index in [1.54, 1.807) is 61.5 Å². The van der Waals surface area contributed by atoms with Gasteiger partial charge in [-0.2, -0.15) is 5.26 Å². The molecule has 10 heteroatoms. The van der Waals surface area contributed by atoms with Gasteiger partial charge in [0.05, 0.1) is 28.3 Å². The molecule has 0 aliphatic heterocycles. The van der Waals surface area contributed by atoms with Crippen LogP contribution < -0.4 is 10.0 Å². The summed E-state index contributed by atoms with van der Waals surface area (Å²) >= 11 is 0. The smallest absolute Gasteiger partial charge is 0.329 e. The minimum Gasteiger partial charge on any atom is -0.329 e. The second-order valence-corrected chi connectivity index (χ2v) is 10.2. The summed E-state index contributed by atoms with van der Waals surface area (Å²) in [5.41, 5.74) is 2.73. The topological polar surface area (TPSA) is 112 Å². The molecular weight excluding hydrogens is 510 g/mol. The lowest BCUT2D eigenvalue weighted by molar-refractivity contribution is 0.242. The van der Waals surface area contributed by atoms with Gasteiger partial charge >= 0.3 is 6.03 Å². The van der Waals surface area contributed by atoms with Crippen molar-refractivity contribution < 1.29 is 22.0 Å². The third-order valence-electron chi connectivity index (χ3n) is 5.77. The number of benzene rings is 3. The van der Waals surface area contributed by atoms with Gasteiger partial charge in [-0.15, -0.1) is 0 Å². The van der Waals surface area contributed by atoms with Crippen LogP contribution in [0.1, 0.15) is 28.4 Å². The highest BCUT2D eigenvalue weighted by Gasteiger charge is 2.25. The molecule has 0 spiro atoms. The predicted molar refractivity (Wildman–Crippen MR) is 137 cm³/mol. The van der Waals surface area contributed by atoms with Crippen molar-refractivity contribution in [2.45, 2.75) is 24.3 Å². The molecule has 3 aromatic carbocycles. The largest absolute Gasteiger partial charge is 0.329 e. The zero-order chi connectivity index (χ0) is 27.3. The number of nitriles is 1. The molecule has 0 saturated heterocycles. The number of carbonyl (C=O) groups excluding carboxylic acids is 1. The van der Waals surface area contributed by atoms with Gasteiger partial charge in [0.25, 0.3) is 10.0 Å². The van der Waals surface area contributed by atoms with Gasteiger partial charge in [0.15, 0.2) is 0 Å². The van der Waals surface area contributed by atoms with E-state index in [9.17, 15) is 22.0 Å². The van der Waals surface area contributed by atoms with Crippen molar-refractivity contribution >= 4 is 16.1 Å². The lowest BCUT2D eigenvalue weighted by Gasteiger charge is -2.22. The molecule has 0 bridgehead atoms. The summed E-state index contributed by atoms with van der Waals surface area (Å²) in [6, 6.07) is 19.3. The summed E-state index contributed by atoms with van der Waals surface area (Å²) in [4.78, 5) is 17.3. The monoisotopic (exact) mass is 532 g/mol. The molecule has 1 unspecified atom stereocenters. The van der Waals surface area contributed by atoms with Crippen LogP contribution in [0.3, 0.4) is 0 Å². The lowest BCUT2D eigenvalue weighted by Crippen LogP contribution is -2.42. The quantitative estimate of drug-likeness (QED) is 0.341. The Bertz CT molecular complexity index is 1610. The van der Waals surface area contributed by atoms with Gasteiger partial charge in [-0.25, -0.2) is 26.7 Å². The van der Waals surface area contributed by atoms with Crippen LogP contribution in [0.2, 0.25) is 0 Å². The molecule has 2 amide bonds. The molecule has 1 heterocycles. The molecule has 38 heavy (non-hydrogen) atoms.